The topological polar surface area (TPSA) is 43.2 Å². The molecule has 0 amide bonds. The van der Waals surface area contributed by atoms with Gasteiger partial charge in [-0.1, -0.05) is 25.3 Å². The van der Waals surface area contributed by atoms with Crippen molar-refractivity contribution >= 4 is 24.0 Å². The predicted molar refractivity (Wildman–Crippen MR) is 95.1 cm³/mol. The molecule has 6 heteroatoms. The summed E-state index contributed by atoms with van der Waals surface area (Å²) in [5, 5.41) is 8.89. The fourth-order valence-electron chi connectivity index (χ4n) is 3.28. The van der Waals surface area contributed by atoms with Crippen molar-refractivity contribution in [3.05, 3.63) is 30.1 Å². The second-order valence-electron chi connectivity index (χ2n) is 6.01. The maximum atomic E-state index is 5.30. The minimum absolute atomic E-state index is 0. The van der Waals surface area contributed by atoms with Gasteiger partial charge in [0.25, 0.3) is 0 Å². The van der Waals surface area contributed by atoms with Crippen molar-refractivity contribution < 1.29 is 4.74 Å². The van der Waals surface area contributed by atoms with E-state index in [1.165, 1.54) is 32.1 Å². The van der Waals surface area contributed by atoms with Gasteiger partial charge in [0.1, 0.15) is 11.6 Å². The molecule has 0 bridgehead atoms. The van der Waals surface area contributed by atoms with Gasteiger partial charge < -0.3 is 9.64 Å². The average Bonchev–Trinajstić information content (AvgIpc) is 2.96. The Balaban J connectivity index is 0.00000192. The highest BCUT2D eigenvalue weighted by Crippen LogP contribution is 2.33. The lowest BCUT2D eigenvalue weighted by Gasteiger charge is -2.22. The number of nitrogens with zero attached hydrogens (tertiary/aromatic N) is 4. The molecule has 1 heterocycles. The first-order valence-corrected chi connectivity index (χ1v) is 7.97. The lowest BCUT2D eigenvalue weighted by Crippen LogP contribution is -2.16. The second-order valence-corrected chi connectivity index (χ2v) is 6.01. The van der Waals surface area contributed by atoms with Crippen LogP contribution in [0.2, 0.25) is 0 Å². The van der Waals surface area contributed by atoms with E-state index in [1.807, 2.05) is 25.2 Å². The number of anilines is 2. The van der Waals surface area contributed by atoms with Crippen molar-refractivity contribution in [2.24, 2.45) is 7.05 Å². The van der Waals surface area contributed by atoms with Gasteiger partial charge in [0.05, 0.1) is 7.11 Å². The van der Waals surface area contributed by atoms with Gasteiger partial charge in [-0.3, -0.25) is 4.57 Å². The van der Waals surface area contributed by atoms with Crippen molar-refractivity contribution in [2.75, 3.05) is 19.1 Å². The molecule has 1 saturated carbocycles. The van der Waals surface area contributed by atoms with Crippen LogP contribution >= 0.6 is 12.4 Å². The molecule has 0 spiro atoms. The number of rotatable bonds is 4. The molecular weight excluding hydrogens is 312 g/mol. The molecular formula is C17H25ClN4O. The Bertz CT molecular complexity index is 637. The predicted octanol–water partition coefficient (Wildman–Crippen LogP) is 4.06. The van der Waals surface area contributed by atoms with Crippen LogP contribution in [0.3, 0.4) is 0 Å². The Morgan fingerprint density at radius 2 is 1.91 bits per heavy atom. The third kappa shape index (κ3) is 3.61. The zero-order valence-corrected chi connectivity index (χ0v) is 14.8. The fraction of sp³-hybridized carbons (Fsp3) is 0.529. The summed E-state index contributed by atoms with van der Waals surface area (Å²) in [4.78, 5) is 2.06. The summed E-state index contributed by atoms with van der Waals surface area (Å²) >= 11 is 0. The first-order chi connectivity index (χ1) is 10.7. The molecule has 1 aromatic carbocycles. The van der Waals surface area contributed by atoms with E-state index in [-0.39, 0.29) is 12.4 Å². The minimum Gasteiger partial charge on any atom is -0.497 e. The summed E-state index contributed by atoms with van der Waals surface area (Å²) in [5.41, 5.74) is 1.05. The molecule has 1 aromatic heterocycles. The number of benzene rings is 1. The van der Waals surface area contributed by atoms with Crippen molar-refractivity contribution in [3.8, 4) is 5.75 Å². The second kappa shape index (κ2) is 7.68. The highest BCUT2D eigenvalue weighted by Gasteiger charge is 2.23. The number of halogens is 1. The van der Waals surface area contributed by atoms with E-state index in [9.17, 15) is 0 Å². The highest BCUT2D eigenvalue weighted by atomic mass is 35.5. The SMILES string of the molecule is COc1cccc(N(C)c2nnc(C3CCCCC3)n2C)c1.Cl. The van der Waals surface area contributed by atoms with E-state index in [2.05, 4.69) is 32.8 Å². The molecule has 0 N–H and O–H groups in total. The average molecular weight is 337 g/mol. The quantitative estimate of drug-likeness (QED) is 0.844. The Labute approximate surface area is 144 Å². The molecule has 0 radical (unpaired) electrons. The Hall–Kier alpha value is -1.75. The van der Waals surface area contributed by atoms with E-state index < -0.39 is 0 Å². The van der Waals surface area contributed by atoms with Gasteiger partial charge in [-0.05, 0) is 25.0 Å². The van der Waals surface area contributed by atoms with Crippen molar-refractivity contribution in [1.29, 1.82) is 0 Å². The van der Waals surface area contributed by atoms with Crippen LogP contribution in [0.4, 0.5) is 11.6 Å². The van der Waals surface area contributed by atoms with Gasteiger partial charge >= 0.3 is 0 Å². The van der Waals surface area contributed by atoms with E-state index in [1.54, 1.807) is 7.11 Å². The van der Waals surface area contributed by atoms with Gasteiger partial charge in [0, 0.05) is 31.8 Å². The fourth-order valence-corrected chi connectivity index (χ4v) is 3.28. The molecule has 3 rings (SSSR count). The monoisotopic (exact) mass is 336 g/mol. The molecule has 23 heavy (non-hydrogen) atoms. The largest absolute Gasteiger partial charge is 0.497 e. The normalized spacial score (nSPS) is 15.1. The summed E-state index contributed by atoms with van der Waals surface area (Å²) in [6.07, 6.45) is 6.42. The van der Waals surface area contributed by atoms with Crippen LogP contribution in [0.25, 0.3) is 0 Å². The Morgan fingerprint density at radius 3 is 2.61 bits per heavy atom. The van der Waals surface area contributed by atoms with E-state index in [4.69, 9.17) is 4.74 Å². The van der Waals surface area contributed by atoms with Crippen LogP contribution in [0.5, 0.6) is 5.75 Å². The maximum Gasteiger partial charge on any atom is 0.231 e. The summed E-state index contributed by atoms with van der Waals surface area (Å²) in [6.45, 7) is 0. The molecule has 1 aliphatic rings. The van der Waals surface area contributed by atoms with E-state index in [0.717, 1.165) is 23.2 Å². The molecule has 1 fully saturated rings. The standard InChI is InChI=1S/C17H24N4O.ClH/c1-20(14-10-7-11-15(12-14)22-3)17-19-18-16(21(17)2)13-8-5-4-6-9-13;/h7,10-13H,4-6,8-9H2,1-3H3;1H. The molecule has 126 valence electrons. The summed E-state index contributed by atoms with van der Waals surface area (Å²) in [7, 11) is 5.77. The number of ether oxygens (including phenoxy) is 1. The van der Waals surface area contributed by atoms with Crippen LogP contribution in [0.15, 0.2) is 24.3 Å². The smallest absolute Gasteiger partial charge is 0.231 e. The van der Waals surface area contributed by atoms with Crippen molar-refractivity contribution in [2.45, 2.75) is 38.0 Å². The summed E-state index contributed by atoms with van der Waals surface area (Å²) < 4.78 is 7.44. The maximum absolute atomic E-state index is 5.30. The lowest BCUT2D eigenvalue weighted by molar-refractivity contribution is 0.415. The Morgan fingerprint density at radius 1 is 1.17 bits per heavy atom. The number of hydrogen-bond acceptors (Lipinski definition) is 4. The summed E-state index contributed by atoms with van der Waals surface area (Å²) in [5.74, 6) is 3.39. The van der Waals surface area contributed by atoms with Crippen molar-refractivity contribution in [3.63, 3.8) is 0 Å². The molecule has 0 aliphatic heterocycles. The van der Waals surface area contributed by atoms with Crippen LogP contribution in [-0.4, -0.2) is 28.9 Å². The third-order valence-electron chi connectivity index (χ3n) is 4.60. The van der Waals surface area contributed by atoms with Crippen molar-refractivity contribution in [1.82, 2.24) is 14.8 Å². The van der Waals surface area contributed by atoms with Gasteiger partial charge in [-0.25, -0.2) is 0 Å². The van der Waals surface area contributed by atoms with Gasteiger partial charge in [0.2, 0.25) is 5.95 Å². The van der Waals surface area contributed by atoms with Gasteiger partial charge in [0.15, 0.2) is 0 Å². The van der Waals surface area contributed by atoms with Gasteiger partial charge in [-0.2, -0.15) is 0 Å². The molecule has 0 unspecified atom stereocenters. The van der Waals surface area contributed by atoms with Gasteiger partial charge in [-0.15, -0.1) is 22.6 Å². The molecule has 1 aliphatic carbocycles. The summed E-state index contributed by atoms with van der Waals surface area (Å²) in [6, 6.07) is 8.00. The zero-order chi connectivity index (χ0) is 15.5. The van der Waals surface area contributed by atoms with Crippen LogP contribution in [0, 0.1) is 0 Å². The van der Waals surface area contributed by atoms with E-state index in [0.29, 0.717) is 5.92 Å². The number of methoxy groups -OCH3 is 1. The van der Waals surface area contributed by atoms with E-state index >= 15 is 0 Å². The first kappa shape index (κ1) is 17.6. The van der Waals surface area contributed by atoms with Crippen LogP contribution in [0.1, 0.15) is 43.8 Å². The molecule has 0 atom stereocenters. The van der Waals surface area contributed by atoms with Crippen LogP contribution < -0.4 is 9.64 Å². The molecule has 0 saturated heterocycles. The molecule has 5 nitrogen and oxygen atoms in total. The third-order valence-corrected chi connectivity index (χ3v) is 4.60. The highest BCUT2D eigenvalue weighted by molar-refractivity contribution is 5.85. The zero-order valence-electron chi connectivity index (χ0n) is 14.0. The minimum atomic E-state index is 0. The molecule has 2 aromatic rings. The Kier molecular flexibility index (Phi) is 5.88. The number of aromatic nitrogens is 3. The lowest BCUT2D eigenvalue weighted by atomic mass is 9.89. The first-order valence-electron chi connectivity index (χ1n) is 7.97. The van der Waals surface area contributed by atoms with Crippen LogP contribution in [-0.2, 0) is 7.05 Å². The number of hydrogen-bond donors (Lipinski definition) is 0.